The number of fused-ring (bicyclic) bond motifs is 1. The number of hydrogen-bond donors (Lipinski definition) is 1. The van der Waals surface area contributed by atoms with Gasteiger partial charge in [-0.15, -0.1) is 0 Å². The number of halogens is 1. The fourth-order valence-corrected chi connectivity index (χ4v) is 4.22. The third-order valence-electron chi connectivity index (χ3n) is 6.21. The van der Waals surface area contributed by atoms with Crippen molar-refractivity contribution < 1.29 is 18.7 Å². The molecule has 5 rings (SSSR count). The summed E-state index contributed by atoms with van der Waals surface area (Å²) in [6, 6.07) is 15.4. The number of benzene rings is 2. The van der Waals surface area contributed by atoms with Crippen molar-refractivity contribution in [3.8, 4) is 11.5 Å². The van der Waals surface area contributed by atoms with Gasteiger partial charge in [0.15, 0.2) is 5.78 Å². The number of Topliss-reactive ketones (excluding diaryl/α,β-unsaturated/α-hetero) is 1. The van der Waals surface area contributed by atoms with Crippen molar-refractivity contribution in [3.63, 3.8) is 0 Å². The summed E-state index contributed by atoms with van der Waals surface area (Å²) in [5.41, 5.74) is 2.31. The second-order valence-corrected chi connectivity index (χ2v) is 8.71. The molecule has 1 fully saturated rings. The lowest BCUT2D eigenvalue weighted by Crippen LogP contribution is -2.36. The maximum absolute atomic E-state index is 14.1. The van der Waals surface area contributed by atoms with Crippen LogP contribution in [0.2, 0.25) is 0 Å². The molecule has 9 heteroatoms. The first kappa shape index (κ1) is 23.9. The van der Waals surface area contributed by atoms with Gasteiger partial charge in [0, 0.05) is 44.9 Å². The molecule has 4 aromatic rings. The average molecular weight is 490 g/mol. The smallest absolute Gasteiger partial charge is 0.208 e. The predicted octanol–water partition coefficient (Wildman–Crippen LogP) is 4.94. The number of ether oxygens (including phenoxy) is 2. The van der Waals surface area contributed by atoms with Gasteiger partial charge in [-0.05, 0) is 43.3 Å². The fraction of sp³-hybridized carbons (Fsp3) is 0.296. The molecule has 2 aromatic carbocycles. The van der Waals surface area contributed by atoms with Crippen LogP contribution in [0.5, 0.6) is 11.5 Å². The standard InChI is InChI=1S/C27H28FN5O3/c1-32-25-9-8-19(17-23(25)31-27(32)30-22-6-3-2-5-21(22)28)36-20-10-11-29-24(18-20)26(34)7-4-12-33-13-15-35-16-14-33/h2-3,5-6,8-11,17-18H,4,7,12-16H2,1H3,(H,30,31). The molecular weight excluding hydrogens is 461 g/mol. The van der Waals surface area contributed by atoms with Crippen LogP contribution >= 0.6 is 0 Å². The molecule has 0 unspecified atom stereocenters. The monoisotopic (exact) mass is 489 g/mol. The SMILES string of the molecule is Cn1c(Nc2ccccc2F)nc2cc(Oc3ccnc(C(=O)CCCN4CCOCC4)c3)ccc21. The van der Waals surface area contributed by atoms with Gasteiger partial charge in [0.1, 0.15) is 23.0 Å². The molecule has 1 saturated heterocycles. The van der Waals surface area contributed by atoms with E-state index in [9.17, 15) is 9.18 Å². The highest BCUT2D eigenvalue weighted by Crippen LogP contribution is 2.28. The number of imidazole rings is 1. The van der Waals surface area contributed by atoms with E-state index in [0.29, 0.717) is 40.8 Å². The first-order valence-corrected chi connectivity index (χ1v) is 12.0. The molecule has 1 aliphatic rings. The molecule has 186 valence electrons. The molecule has 0 atom stereocenters. The second-order valence-electron chi connectivity index (χ2n) is 8.71. The summed E-state index contributed by atoms with van der Waals surface area (Å²) in [6.45, 7) is 4.21. The molecule has 0 aliphatic carbocycles. The Morgan fingerprint density at radius 1 is 1.11 bits per heavy atom. The number of rotatable bonds is 9. The molecule has 1 aliphatic heterocycles. The second kappa shape index (κ2) is 10.8. The number of hydrogen-bond acceptors (Lipinski definition) is 7. The van der Waals surface area contributed by atoms with Gasteiger partial charge >= 0.3 is 0 Å². The zero-order chi connectivity index (χ0) is 24.9. The largest absolute Gasteiger partial charge is 0.457 e. The van der Waals surface area contributed by atoms with E-state index in [0.717, 1.165) is 44.8 Å². The summed E-state index contributed by atoms with van der Waals surface area (Å²) in [5.74, 6) is 1.27. The number of anilines is 2. The lowest BCUT2D eigenvalue weighted by atomic mass is 10.1. The third kappa shape index (κ3) is 5.53. The van der Waals surface area contributed by atoms with Crippen LogP contribution in [0.3, 0.4) is 0 Å². The predicted molar refractivity (Wildman–Crippen MR) is 136 cm³/mol. The summed E-state index contributed by atoms with van der Waals surface area (Å²) in [4.78, 5) is 23.8. The van der Waals surface area contributed by atoms with Crippen LogP contribution in [0.25, 0.3) is 11.0 Å². The maximum atomic E-state index is 14.1. The summed E-state index contributed by atoms with van der Waals surface area (Å²) in [5, 5.41) is 3.04. The Labute approximate surface area is 208 Å². The minimum atomic E-state index is -0.349. The number of ketones is 1. The molecule has 2 aromatic heterocycles. The van der Waals surface area contributed by atoms with Crippen LogP contribution in [0.4, 0.5) is 16.0 Å². The van der Waals surface area contributed by atoms with E-state index in [1.54, 1.807) is 36.5 Å². The summed E-state index contributed by atoms with van der Waals surface area (Å²) in [6.07, 6.45) is 2.80. The van der Waals surface area contributed by atoms with Crippen molar-refractivity contribution in [2.75, 3.05) is 38.2 Å². The third-order valence-corrected chi connectivity index (χ3v) is 6.21. The highest BCUT2D eigenvalue weighted by Gasteiger charge is 2.14. The number of aryl methyl sites for hydroxylation is 1. The number of morpholine rings is 1. The lowest BCUT2D eigenvalue weighted by molar-refractivity contribution is 0.0371. The quantitative estimate of drug-likeness (QED) is 0.334. The molecule has 8 nitrogen and oxygen atoms in total. The molecular formula is C27H28FN5O3. The van der Waals surface area contributed by atoms with Crippen molar-refractivity contribution in [1.82, 2.24) is 19.4 Å². The zero-order valence-electron chi connectivity index (χ0n) is 20.1. The van der Waals surface area contributed by atoms with Crippen molar-refractivity contribution in [2.45, 2.75) is 12.8 Å². The van der Waals surface area contributed by atoms with Crippen LogP contribution in [-0.2, 0) is 11.8 Å². The van der Waals surface area contributed by atoms with Gasteiger partial charge in [-0.3, -0.25) is 14.7 Å². The van der Waals surface area contributed by atoms with Crippen molar-refractivity contribution in [1.29, 1.82) is 0 Å². The number of nitrogens with one attached hydrogen (secondary N) is 1. The molecule has 0 radical (unpaired) electrons. The summed E-state index contributed by atoms with van der Waals surface area (Å²) >= 11 is 0. The van der Waals surface area contributed by atoms with Crippen LogP contribution in [0.1, 0.15) is 23.3 Å². The number of pyridine rings is 1. The molecule has 36 heavy (non-hydrogen) atoms. The van der Waals surface area contributed by atoms with Gasteiger partial charge in [-0.25, -0.2) is 9.37 Å². The Kier molecular flexibility index (Phi) is 7.20. The summed E-state index contributed by atoms with van der Waals surface area (Å²) in [7, 11) is 1.86. The minimum Gasteiger partial charge on any atom is -0.457 e. The Morgan fingerprint density at radius 3 is 2.75 bits per heavy atom. The number of para-hydroxylation sites is 1. The Bertz CT molecular complexity index is 1370. The van der Waals surface area contributed by atoms with Gasteiger partial charge in [0.25, 0.3) is 0 Å². The molecule has 0 amide bonds. The van der Waals surface area contributed by atoms with Gasteiger partial charge < -0.3 is 19.4 Å². The van der Waals surface area contributed by atoms with Gasteiger partial charge in [-0.1, -0.05) is 12.1 Å². The highest BCUT2D eigenvalue weighted by molar-refractivity contribution is 5.94. The van der Waals surface area contributed by atoms with Crippen molar-refractivity contribution in [2.24, 2.45) is 7.05 Å². The van der Waals surface area contributed by atoms with Crippen LogP contribution in [0.15, 0.2) is 60.8 Å². The number of carbonyl (C=O) groups excluding carboxylic acids is 1. The number of nitrogens with zero attached hydrogens (tertiary/aromatic N) is 4. The topological polar surface area (TPSA) is 81.5 Å². The van der Waals surface area contributed by atoms with Crippen LogP contribution < -0.4 is 10.1 Å². The molecule has 1 N–H and O–H groups in total. The lowest BCUT2D eigenvalue weighted by Gasteiger charge is -2.26. The van der Waals surface area contributed by atoms with E-state index in [1.165, 1.54) is 6.07 Å². The van der Waals surface area contributed by atoms with E-state index >= 15 is 0 Å². The van der Waals surface area contributed by atoms with E-state index in [1.807, 2.05) is 29.8 Å². The highest BCUT2D eigenvalue weighted by atomic mass is 19.1. The van der Waals surface area contributed by atoms with E-state index < -0.39 is 0 Å². The Morgan fingerprint density at radius 2 is 1.92 bits per heavy atom. The van der Waals surface area contributed by atoms with Crippen molar-refractivity contribution in [3.05, 3.63) is 72.3 Å². The van der Waals surface area contributed by atoms with Crippen LogP contribution in [-0.4, -0.2) is 58.1 Å². The molecule has 3 heterocycles. The van der Waals surface area contributed by atoms with Crippen LogP contribution in [0, 0.1) is 5.82 Å². The summed E-state index contributed by atoms with van der Waals surface area (Å²) < 4.78 is 27.3. The van der Waals surface area contributed by atoms with E-state index in [4.69, 9.17) is 9.47 Å². The molecule has 0 saturated carbocycles. The van der Waals surface area contributed by atoms with Gasteiger partial charge in [0.2, 0.25) is 5.95 Å². The van der Waals surface area contributed by atoms with Gasteiger partial charge in [-0.2, -0.15) is 0 Å². The Hall–Kier alpha value is -3.82. The number of aromatic nitrogens is 3. The fourth-order valence-electron chi connectivity index (χ4n) is 4.22. The van der Waals surface area contributed by atoms with E-state index in [-0.39, 0.29) is 11.6 Å². The first-order valence-electron chi connectivity index (χ1n) is 12.0. The molecule has 0 bridgehead atoms. The Balaban J connectivity index is 1.25. The van der Waals surface area contributed by atoms with Crippen molar-refractivity contribution >= 4 is 28.5 Å². The molecule has 0 spiro atoms. The maximum Gasteiger partial charge on any atom is 0.208 e. The van der Waals surface area contributed by atoms with E-state index in [2.05, 4.69) is 20.2 Å². The minimum absolute atomic E-state index is 0.00209. The van der Waals surface area contributed by atoms with Gasteiger partial charge in [0.05, 0.1) is 29.9 Å². The zero-order valence-corrected chi connectivity index (χ0v) is 20.1. The average Bonchev–Trinajstić information content (AvgIpc) is 3.20. The number of carbonyl (C=O) groups is 1. The first-order chi connectivity index (χ1) is 17.6. The normalized spacial score (nSPS) is 14.2.